The number of rotatable bonds is 8. The van der Waals surface area contributed by atoms with Gasteiger partial charge in [-0.3, -0.25) is 14.9 Å². The summed E-state index contributed by atoms with van der Waals surface area (Å²) >= 11 is 18.4. The summed E-state index contributed by atoms with van der Waals surface area (Å²) in [5.74, 6) is -0.774. The first-order valence-electron chi connectivity index (χ1n) is 11.7. The lowest BCUT2D eigenvalue weighted by molar-refractivity contribution is -0.122. The molecule has 10 heteroatoms. The van der Waals surface area contributed by atoms with Gasteiger partial charge in [0.15, 0.2) is 11.5 Å². The molecule has 1 aliphatic heterocycles. The quantitative estimate of drug-likeness (QED) is 0.176. The number of hydrogen-bond donors (Lipinski definition) is 1. The Morgan fingerprint density at radius 2 is 1.69 bits per heavy atom. The topological polar surface area (TPSA) is 84.9 Å². The number of methoxy groups -OCH3 is 1. The summed E-state index contributed by atoms with van der Waals surface area (Å²) in [6, 6.07) is 12.5. The number of nitrogens with one attached hydrogen (secondary N) is 1. The fourth-order valence-corrected chi connectivity index (χ4v) is 4.67. The monoisotopic (exact) mass is 584 g/mol. The molecule has 1 fully saturated rings. The van der Waals surface area contributed by atoms with Crippen molar-refractivity contribution in [3.63, 3.8) is 0 Å². The molecule has 1 aliphatic rings. The zero-order valence-electron chi connectivity index (χ0n) is 21.0. The smallest absolute Gasteiger partial charge is 0.335 e. The van der Waals surface area contributed by atoms with E-state index < -0.39 is 17.8 Å². The standard InChI is InChI=1S/C29H23Cl3N2O5/c1-4-5-18-10-17(12-25(38-3)26(18)39-15-19-7-9-20(30)13-23(19)32)11-22-27(35)33-29(37)34(28(22)36)24-14-21(31)8-6-16(24)2/h4,6-14H,1,5,15H2,2-3H3,(H,33,35,37)/b22-11+. The number of urea groups is 1. The van der Waals surface area contributed by atoms with Gasteiger partial charge in [-0.25, -0.2) is 9.69 Å². The summed E-state index contributed by atoms with van der Waals surface area (Å²) in [7, 11) is 1.48. The van der Waals surface area contributed by atoms with E-state index in [0.29, 0.717) is 49.7 Å². The first-order chi connectivity index (χ1) is 18.6. The van der Waals surface area contributed by atoms with Crippen LogP contribution in [0, 0.1) is 6.92 Å². The van der Waals surface area contributed by atoms with E-state index in [2.05, 4.69) is 11.9 Å². The number of nitrogens with zero attached hydrogens (tertiary/aromatic N) is 1. The van der Waals surface area contributed by atoms with Crippen LogP contribution in [-0.4, -0.2) is 25.0 Å². The number of carbonyl (C=O) groups is 3. The van der Waals surface area contributed by atoms with Crippen LogP contribution < -0.4 is 19.7 Å². The third-order valence-corrected chi connectivity index (χ3v) is 6.77. The number of barbiturate groups is 1. The van der Waals surface area contributed by atoms with Gasteiger partial charge in [-0.2, -0.15) is 0 Å². The molecule has 3 aromatic carbocycles. The SMILES string of the molecule is C=CCc1cc(/C=C2\C(=O)NC(=O)N(c3cc(Cl)ccc3C)C2=O)cc(OC)c1OCc1ccc(Cl)cc1Cl. The van der Waals surface area contributed by atoms with Gasteiger partial charge in [0.1, 0.15) is 12.2 Å². The first kappa shape index (κ1) is 28.2. The maximum atomic E-state index is 13.4. The Morgan fingerprint density at radius 3 is 2.38 bits per heavy atom. The van der Waals surface area contributed by atoms with Gasteiger partial charge in [-0.05, 0) is 66.9 Å². The van der Waals surface area contributed by atoms with Crippen molar-refractivity contribution in [3.8, 4) is 11.5 Å². The molecule has 0 aliphatic carbocycles. The normalized spacial score (nSPS) is 14.4. The molecule has 0 radical (unpaired) electrons. The van der Waals surface area contributed by atoms with Gasteiger partial charge < -0.3 is 9.47 Å². The average Bonchev–Trinajstić information content (AvgIpc) is 2.88. The van der Waals surface area contributed by atoms with E-state index in [1.54, 1.807) is 55.5 Å². The van der Waals surface area contributed by atoms with E-state index in [0.717, 1.165) is 10.5 Å². The van der Waals surface area contributed by atoms with Gasteiger partial charge in [-0.15, -0.1) is 6.58 Å². The van der Waals surface area contributed by atoms with Gasteiger partial charge in [-0.1, -0.05) is 53.0 Å². The number of halogens is 3. The molecule has 7 nitrogen and oxygen atoms in total. The molecule has 1 saturated heterocycles. The summed E-state index contributed by atoms with van der Waals surface area (Å²) in [5, 5.41) is 3.54. The van der Waals surface area contributed by atoms with Crippen LogP contribution in [0.15, 0.2) is 66.8 Å². The summed E-state index contributed by atoms with van der Waals surface area (Å²) in [4.78, 5) is 39.7. The van der Waals surface area contributed by atoms with Crippen molar-refractivity contribution in [2.75, 3.05) is 12.0 Å². The molecule has 0 aromatic heterocycles. The van der Waals surface area contributed by atoms with Crippen molar-refractivity contribution in [2.24, 2.45) is 0 Å². The maximum absolute atomic E-state index is 13.4. The number of allylic oxidation sites excluding steroid dienone is 1. The Bertz CT molecular complexity index is 1530. The average molecular weight is 586 g/mol. The third kappa shape index (κ3) is 6.11. The Labute approximate surface area is 240 Å². The number of carbonyl (C=O) groups excluding carboxylic acids is 3. The lowest BCUT2D eigenvalue weighted by Crippen LogP contribution is -2.54. The van der Waals surface area contributed by atoms with Crippen LogP contribution in [0.5, 0.6) is 11.5 Å². The van der Waals surface area contributed by atoms with Crippen LogP contribution in [-0.2, 0) is 22.6 Å². The molecular formula is C29H23Cl3N2O5. The Morgan fingerprint density at radius 1 is 0.974 bits per heavy atom. The minimum absolute atomic E-state index is 0.147. The minimum Gasteiger partial charge on any atom is -0.493 e. The van der Waals surface area contributed by atoms with Crippen molar-refractivity contribution in [2.45, 2.75) is 20.0 Å². The van der Waals surface area contributed by atoms with Crippen molar-refractivity contribution in [1.29, 1.82) is 0 Å². The Balaban J connectivity index is 1.72. The van der Waals surface area contributed by atoms with Crippen LogP contribution in [0.25, 0.3) is 6.08 Å². The van der Waals surface area contributed by atoms with Gasteiger partial charge in [0.25, 0.3) is 11.8 Å². The van der Waals surface area contributed by atoms with Gasteiger partial charge in [0.05, 0.1) is 12.8 Å². The van der Waals surface area contributed by atoms with Crippen LogP contribution in [0.1, 0.15) is 22.3 Å². The molecule has 0 spiro atoms. The molecule has 0 bridgehead atoms. The molecule has 4 rings (SSSR count). The largest absolute Gasteiger partial charge is 0.493 e. The molecular weight excluding hydrogens is 563 g/mol. The third-order valence-electron chi connectivity index (χ3n) is 5.95. The summed E-state index contributed by atoms with van der Waals surface area (Å²) < 4.78 is 11.7. The van der Waals surface area contributed by atoms with Crippen molar-refractivity contribution in [3.05, 3.63) is 104 Å². The molecule has 200 valence electrons. The first-order valence-corrected chi connectivity index (χ1v) is 12.8. The molecule has 0 atom stereocenters. The number of anilines is 1. The predicted octanol–water partition coefficient (Wildman–Crippen LogP) is 6.94. The summed E-state index contributed by atoms with van der Waals surface area (Å²) in [5.41, 5.74) is 2.58. The van der Waals surface area contributed by atoms with Crippen molar-refractivity contribution >= 4 is 64.4 Å². The fourth-order valence-electron chi connectivity index (χ4n) is 4.04. The van der Waals surface area contributed by atoms with E-state index in [9.17, 15) is 14.4 Å². The highest BCUT2D eigenvalue weighted by Gasteiger charge is 2.37. The molecule has 3 aromatic rings. The second-order valence-electron chi connectivity index (χ2n) is 8.62. The number of aryl methyl sites for hydroxylation is 1. The van der Waals surface area contributed by atoms with Crippen LogP contribution in [0.2, 0.25) is 15.1 Å². The number of hydrogen-bond acceptors (Lipinski definition) is 5. The molecule has 4 amide bonds. The van der Waals surface area contributed by atoms with Gasteiger partial charge in [0, 0.05) is 26.2 Å². The minimum atomic E-state index is -0.859. The molecule has 1 heterocycles. The highest BCUT2D eigenvalue weighted by atomic mass is 35.5. The van der Waals surface area contributed by atoms with Crippen molar-refractivity contribution < 1.29 is 23.9 Å². The van der Waals surface area contributed by atoms with Crippen molar-refractivity contribution in [1.82, 2.24) is 5.32 Å². The van der Waals surface area contributed by atoms with E-state index in [1.165, 1.54) is 19.3 Å². The molecule has 39 heavy (non-hydrogen) atoms. The van der Waals surface area contributed by atoms with E-state index in [-0.39, 0.29) is 17.9 Å². The van der Waals surface area contributed by atoms with E-state index >= 15 is 0 Å². The Hall–Kier alpha value is -3.78. The zero-order valence-corrected chi connectivity index (χ0v) is 23.3. The molecule has 0 unspecified atom stereocenters. The number of benzene rings is 3. The van der Waals surface area contributed by atoms with Crippen LogP contribution in [0.3, 0.4) is 0 Å². The lowest BCUT2D eigenvalue weighted by Gasteiger charge is -2.27. The van der Waals surface area contributed by atoms with Crippen LogP contribution >= 0.6 is 34.8 Å². The highest BCUT2D eigenvalue weighted by Crippen LogP contribution is 2.36. The lowest BCUT2D eigenvalue weighted by atomic mass is 10.0. The maximum Gasteiger partial charge on any atom is 0.335 e. The predicted molar refractivity (Wildman–Crippen MR) is 153 cm³/mol. The van der Waals surface area contributed by atoms with Gasteiger partial charge >= 0.3 is 6.03 Å². The van der Waals surface area contributed by atoms with E-state index in [1.807, 2.05) is 0 Å². The summed E-state index contributed by atoms with van der Waals surface area (Å²) in [6.45, 7) is 5.69. The van der Waals surface area contributed by atoms with E-state index in [4.69, 9.17) is 44.3 Å². The number of imide groups is 2. The second-order valence-corrected chi connectivity index (χ2v) is 9.90. The number of amides is 4. The zero-order chi connectivity index (χ0) is 28.3. The van der Waals surface area contributed by atoms with Gasteiger partial charge in [0.2, 0.25) is 0 Å². The van der Waals surface area contributed by atoms with Crippen LogP contribution in [0.4, 0.5) is 10.5 Å². The molecule has 1 N–H and O–H groups in total. The Kier molecular flexibility index (Phi) is 8.65. The molecule has 0 saturated carbocycles. The highest BCUT2D eigenvalue weighted by molar-refractivity contribution is 6.39. The fraction of sp³-hybridized carbons (Fsp3) is 0.138. The number of ether oxygens (including phenoxy) is 2. The second kappa shape index (κ2) is 11.9. The summed E-state index contributed by atoms with van der Waals surface area (Å²) in [6.07, 6.45) is 3.49.